The maximum atomic E-state index is 11.9. The number of rotatable bonds is 4. The first-order chi connectivity index (χ1) is 14.3. The number of imidazole rings is 1. The standard InChI is InChI=1S/C25H38N2O2S/c1-23-10-7-18(29-4)15-17(23)5-6-19-20(23)8-11-24(2)21(19)9-12-25(24,28)16-30-22-26-13-14-27(22)3/h13-15,18-21,28H,5-12,16H2,1-4H3/t18-,19+,20-,21-,23+,24+,25-/m1/s1. The van der Waals surface area contributed by atoms with Gasteiger partial charge in [0.25, 0.3) is 0 Å². The summed E-state index contributed by atoms with van der Waals surface area (Å²) in [4.78, 5) is 4.47. The zero-order valence-corrected chi connectivity index (χ0v) is 19.9. The van der Waals surface area contributed by atoms with Crippen LogP contribution in [0.4, 0.5) is 0 Å². The third kappa shape index (κ3) is 2.98. The zero-order chi connectivity index (χ0) is 21.1. The van der Waals surface area contributed by atoms with Crippen LogP contribution in [0.1, 0.15) is 65.2 Å². The molecule has 0 radical (unpaired) electrons. The number of allylic oxidation sites excluding steroid dienone is 1. The monoisotopic (exact) mass is 430 g/mol. The summed E-state index contributed by atoms with van der Waals surface area (Å²) in [5, 5.41) is 12.9. The molecule has 30 heavy (non-hydrogen) atoms. The third-order valence-corrected chi connectivity index (χ3v) is 11.2. The predicted molar refractivity (Wildman–Crippen MR) is 121 cm³/mol. The molecule has 1 N–H and O–H groups in total. The molecule has 0 aliphatic heterocycles. The van der Waals surface area contributed by atoms with E-state index in [0.29, 0.717) is 17.4 Å². The largest absolute Gasteiger partial charge is 0.388 e. The molecule has 166 valence electrons. The molecule has 5 rings (SSSR count). The van der Waals surface area contributed by atoms with E-state index in [1.54, 1.807) is 17.3 Å². The molecule has 0 aromatic carbocycles. The van der Waals surface area contributed by atoms with Crippen molar-refractivity contribution >= 4 is 11.8 Å². The molecule has 7 atom stereocenters. The number of ether oxygens (including phenoxy) is 1. The molecule has 3 fully saturated rings. The Morgan fingerprint density at radius 3 is 2.70 bits per heavy atom. The third-order valence-electron chi connectivity index (χ3n) is 9.91. The Hall–Kier alpha value is -0.780. The number of nitrogens with zero attached hydrogens (tertiary/aromatic N) is 2. The highest BCUT2D eigenvalue weighted by molar-refractivity contribution is 7.99. The van der Waals surface area contributed by atoms with Gasteiger partial charge in [-0.15, -0.1) is 0 Å². The zero-order valence-electron chi connectivity index (χ0n) is 19.1. The Morgan fingerprint density at radius 2 is 1.97 bits per heavy atom. The van der Waals surface area contributed by atoms with Gasteiger partial charge in [0.05, 0.1) is 11.7 Å². The number of thioether (sulfide) groups is 1. The van der Waals surface area contributed by atoms with Crippen LogP contribution in [0.15, 0.2) is 29.2 Å². The smallest absolute Gasteiger partial charge is 0.167 e. The van der Waals surface area contributed by atoms with Gasteiger partial charge >= 0.3 is 0 Å². The number of aliphatic hydroxyl groups is 1. The van der Waals surface area contributed by atoms with Crippen LogP contribution in [0.25, 0.3) is 0 Å². The molecule has 4 aliphatic rings. The van der Waals surface area contributed by atoms with Crippen LogP contribution in [-0.4, -0.2) is 39.2 Å². The van der Waals surface area contributed by atoms with Gasteiger partial charge in [0.2, 0.25) is 0 Å². The van der Waals surface area contributed by atoms with E-state index in [0.717, 1.165) is 42.0 Å². The van der Waals surface area contributed by atoms with E-state index in [2.05, 4.69) is 29.5 Å². The fraction of sp³-hybridized carbons (Fsp3) is 0.800. The van der Waals surface area contributed by atoms with Gasteiger partial charge in [-0.1, -0.05) is 37.3 Å². The van der Waals surface area contributed by atoms with E-state index in [1.807, 2.05) is 26.6 Å². The summed E-state index contributed by atoms with van der Waals surface area (Å²) in [5.41, 5.74) is 1.48. The maximum Gasteiger partial charge on any atom is 0.167 e. The van der Waals surface area contributed by atoms with E-state index in [9.17, 15) is 5.11 Å². The second-order valence-electron chi connectivity index (χ2n) is 11.0. The fourth-order valence-corrected chi connectivity index (χ4v) is 9.15. The molecule has 1 aromatic heterocycles. The minimum atomic E-state index is -0.579. The van der Waals surface area contributed by atoms with E-state index in [4.69, 9.17) is 4.74 Å². The number of methoxy groups -OCH3 is 1. The van der Waals surface area contributed by atoms with Gasteiger partial charge in [-0.2, -0.15) is 0 Å². The van der Waals surface area contributed by atoms with Crippen molar-refractivity contribution < 1.29 is 9.84 Å². The quantitative estimate of drug-likeness (QED) is 0.525. The van der Waals surface area contributed by atoms with Gasteiger partial charge in [0.1, 0.15) is 0 Å². The number of hydrogen-bond donors (Lipinski definition) is 1. The van der Waals surface area contributed by atoms with Crippen molar-refractivity contribution in [2.75, 3.05) is 12.9 Å². The molecule has 0 unspecified atom stereocenters. The van der Waals surface area contributed by atoms with Crippen LogP contribution in [0, 0.1) is 28.6 Å². The lowest BCUT2D eigenvalue weighted by Gasteiger charge is -2.59. The van der Waals surface area contributed by atoms with Crippen LogP contribution in [0.2, 0.25) is 0 Å². The Balaban J connectivity index is 1.37. The van der Waals surface area contributed by atoms with Crippen molar-refractivity contribution in [2.24, 2.45) is 35.6 Å². The molecule has 0 bridgehead atoms. The highest BCUT2D eigenvalue weighted by Crippen LogP contribution is 2.68. The SMILES string of the molecule is CO[C@H]1C=C2CC[C@H]3[C@@H](CC[C@@]4(C)[C@@H]3CC[C@@]4(O)CSc3nccn3C)[C@@]2(C)CC1. The summed E-state index contributed by atoms with van der Waals surface area (Å²) in [6, 6.07) is 0. The van der Waals surface area contributed by atoms with E-state index < -0.39 is 5.60 Å². The van der Waals surface area contributed by atoms with Gasteiger partial charge in [-0.3, -0.25) is 0 Å². The van der Waals surface area contributed by atoms with Crippen molar-refractivity contribution in [3.63, 3.8) is 0 Å². The Kier molecular flexibility index (Phi) is 5.19. The van der Waals surface area contributed by atoms with Gasteiger partial charge in [0.15, 0.2) is 5.16 Å². The minimum Gasteiger partial charge on any atom is -0.388 e. The van der Waals surface area contributed by atoms with Gasteiger partial charge in [-0.05, 0) is 74.5 Å². The van der Waals surface area contributed by atoms with Crippen molar-refractivity contribution in [2.45, 2.75) is 82.1 Å². The Bertz CT molecular complexity index is 837. The van der Waals surface area contributed by atoms with Gasteiger partial charge in [0, 0.05) is 37.7 Å². The average molecular weight is 431 g/mol. The number of aryl methyl sites for hydroxylation is 1. The lowest BCUT2D eigenvalue weighted by molar-refractivity contribution is -0.116. The lowest BCUT2D eigenvalue weighted by Crippen LogP contribution is -2.55. The fourth-order valence-electron chi connectivity index (χ4n) is 7.90. The minimum absolute atomic E-state index is 0.0354. The molecule has 3 saturated carbocycles. The summed E-state index contributed by atoms with van der Waals surface area (Å²) < 4.78 is 7.74. The molecular weight excluding hydrogens is 392 g/mol. The van der Waals surface area contributed by atoms with E-state index in [-0.39, 0.29) is 5.41 Å². The molecule has 1 heterocycles. The average Bonchev–Trinajstić information content (AvgIpc) is 3.26. The highest BCUT2D eigenvalue weighted by Gasteiger charge is 2.63. The van der Waals surface area contributed by atoms with Crippen LogP contribution >= 0.6 is 11.8 Å². The molecule has 0 amide bonds. The van der Waals surface area contributed by atoms with Crippen molar-refractivity contribution in [1.82, 2.24) is 9.55 Å². The normalized spacial score (nSPS) is 45.4. The second kappa shape index (κ2) is 7.38. The Labute approximate surface area is 185 Å². The van der Waals surface area contributed by atoms with Gasteiger partial charge < -0.3 is 14.4 Å². The summed E-state index contributed by atoms with van der Waals surface area (Å²) in [7, 11) is 3.89. The van der Waals surface area contributed by atoms with Gasteiger partial charge in [-0.25, -0.2) is 4.98 Å². The number of fused-ring (bicyclic) bond motifs is 5. The molecule has 4 nitrogen and oxygen atoms in total. The van der Waals surface area contributed by atoms with Crippen molar-refractivity contribution in [3.05, 3.63) is 24.0 Å². The summed E-state index contributed by atoms with van der Waals surface area (Å²) in [6.07, 6.45) is 16.1. The highest BCUT2D eigenvalue weighted by atomic mass is 32.2. The topological polar surface area (TPSA) is 47.3 Å². The first-order valence-corrected chi connectivity index (χ1v) is 12.9. The van der Waals surface area contributed by atoms with Crippen molar-refractivity contribution in [3.8, 4) is 0 Å². The molecule has 0 saturated heterocycles. The second-order valence-corrected chi connectivity index (χ2v) is 11.9. The first-order valence-electron chi connectivity index (χ1n) is 11.9. The summed E-state index contributed by atoms with van der Waals surface area (Å²) in [6.45, 7) is 4.96. The first kappa shape index (κ1) is 21.1. The lowest BCUT2D eigenvalue weighted by atomic mass is 9.46. The summed E-state index contributed by atoms with van der Waals surface area (Å²) in [5.74, 6) is 2.96. The molecule has 0 spiro atoms. The van der Waals surface area contributed by atoms with E-state index >= 15 is 0 Å². The van der Waals surface area contributed by atoms with Crippen molar-refractivity contribution in [1.29, 1.82) is 0 Å². The van der Waals surface area contributed by atoms with Crippen LogP contribution < -0.4 is 0 Å². The molecule has 5 heteroatoms. The van der Waals surface area contributed by atoms with Crippen LogP contribution in [0.5, 0.6) is 0 Å². The maximum absolute atomic E-state index is 11.9. The number of hydrogen-bond acceptors (Lipinski definition) is 4. The summed E-state index contributed by atoms with van der Waals surface area (Å²) >= 11 is 1.73. The molecular formula is C25H38N2O2S. The van der Waals surface area contributed by atoms with Crippen LogP contribution in [-0.2, 0) is 11.8 Å². The van der Waals surface area contributed by atoms with E-state index in [1.165, 1.54) is 32.1 Å². The molecule has 1 aromatic rings. The molecule has 4 aliphatic carbocycles. The predicted octanol–water partition coefficient (Wildman–Crippen LogP) is 5.22. The number of aromatic nitrogens is 2. The van der Waals surface area contributed by atoms with Crippen LogP contribution in [0.3, 0.4) is 0 Å². The Morgan fingerprint density at radius 1 is 1.17 bits per heavy atom.